The Bertz CT molecular complexity index is 408. The summed E-state index contributed by atoms with van der Waals surface area (Å²) in [7, 11) is 0. The summed E-state index contributed by atoms with van der Waals surface area (Å²) in [5, 5.41) is 4.19. The van der Waals surface area contributed by atoms with E-state index >= 15 is 0 Å². The van der Waals surface area contributed by atoms with Crippen LogP contribution in [0.15, 0.2) is 41.0 Å². The Morgan fingerprint density at radius 1 is 1.23 bits per heavy atom. The molecule has 0 atom stereocenters. The lowest BCUT2D eigenvalue weighted by atomic mass is 10.3. The van der Waals surface area contributed by atoms with E-state index in [9.17, 15) is 0 Å². The predicted octanol–water partition coefficient (Wildman–Crippen LogP) is 2.22. The highest BCUT2D eigenvalue weighted by molar-refractivity contribution is 9.10. The Balaban J connectivity index is 2.53. The number of nitrogen functional groups attached to an aromatic ring is 1. The van der Waals surface area contributed by atoms with Gasteiger partial charge in [-0.2, -0.15) is 5.10 Å². The maximum Gasteiger partial charge on any atom is 0.130 e. The summed E-state index contributed by atoms with van der Waals surface area (Å²) < 4.78 is 2.43. The van der Waals surface area contributed by atoms with E-state index in [0.29, 0.717) is 5.82 Å². The van der Waals surface area contributed by atoms with Gasteiger partial charge in [0, 0.05) is 6.07 Å². The van der Waals surface area contributed by atoms with Crippen LogP contribution in [0.1, 0.15) is 0 Å². The number of hydrogen-bond acceptors (Lipinski definition) is 2. The van der Waals surface area contributed by atoms with Crippen molar-refractivity contribution in [3.63, 3.8) is 0 Å². The van der Waals surface area contributed by atoms with Gasteiger partial charge in [0.05, 0.1) is 5.69 Å². The first-order valence-electron chi connectivity index (χ1n) is 3.84. The molecule has 0 radical (unpaired) electrons. The van der Waals surface area contributed by atoms with E-state index < -0.39 is 0 Å². The zero-order valence-electron chi connectivity index (χ0n) is 6.81. The molecule has 0 aliphatic carbocycles. The average Bonchev–Trinajstić information content (AvgIpc) is 2.47. The first-order valence-corrected chi connectivity index (χ1v) is 4.63. The molecule has 2 rings (SSSR count). The second-order valence-corrected chi connectivity index (χ2v) is 3.45. The quantitative estimate of drug-likeness (QED) is 0.827. The summed E-state index contributed by atoms with van der Waals surface area (Å²) in [4.78, 5) is 0. The van der Waals surface area contributed by atoms with E-state index in [2.05, 4.69) is 21.0 Å². The minimum atomic E-state index is 0.623. The van der Waals surface area contributed by atoms with Crippen LogP contribution >= 0.6 is 15.9 Å². The molecule has 0 unspecified atom stereocenters. The molecule has 0 spiro atoms. The summed E-state index contributed by atoms with van der Waals surface area (Å²) >= 11 is 3.27. The first kappa shape index (κ1) is 8.31. The first-order chi connectivity index (χ1) is 6.27. The number of aromatic nitrogens is 2. The van der Waals surface area contributed by atoms with Crippen LogP contribution in [0.5, 0.6) is 0 Å². The van der Waals surface area contributed by atoms with Gasteiger partial charge in [0.1, 0.15) is 10.4 Å². The van der Waals surface area contributed by atoms with E-state index in [1.165, 1.54) is 0 Å². The van der Waals surface area contributed by atoms with Crippen molar-refractivity contribution in [3.8, 4) is 5.69 Å². The molecule has 3 nitrogen and oxygen atoms in total. The third-order valence-corrected chi connectivity index (χ3v) is 2.10. The van der Waals surface area contributed by atoms with E-state index in [1.807, 2.05) is 30.3 Å². The summed E-state index contributed by atoms with van der Waals surface area (Å²) in [6, 6.07) is 11.5. The fourth-order valence-electron chi connectivity index (χ4n) is 1.14. The number of benzene rings is 1. The molecule has 13 heavy (non-hydrogen) atoms. The zero-order valence-corrected chi connectivity index (χ0v) is 8.40. The molecule has 0 amide bonds. The molecule has 1 aromatic heterocycles. The van der Waals surface area contributed by atoms with Crippen LogP contribution in [0, 0.1) is 0 Å². The molecule has 4 heteroatoms. The van der Waals surface area contributed by atoms with Gasteiger partial charge >= 0.3 is 0 Å². The van der Waals surface area contributed by atoms with Crippen molar-refractivity contribution in [2.75, 3.05) is 5.73 Å². The summed E-state index contributed by atoms with van der Waals surface area (Å²) in [6.07, 6.45) is 0. The van der Waals surface area contributed by atoms with Gasteiger partial charge in [0.15, 0.2) is 0 Å². The Morgan fingerprint density at radius 2 is 1.92 bits per heavy atom. The Kier molecular flexibility index (Phi) is 2.06. The molecule has 0 saturated carbocycles. The number of rotatable bonds is 1. The summed E-state index contributed by atoms with van der Waals surface area (Å²) in [5.74, 6) is 0.623. The number of halogens is 1. The number of hydrogen-bond donors (Lipinski definition) is 1. The molecule has 1 aromatic carbocycles. The van der Waals surface area contributed by atoms with Gasteiger partial charge in [-0.1, -0.05) is 18.2 Å². The highest BCUT2D eigenvalue weighted by Crippen LogP contribution is 2.16. The predicted molar refractivity (Wildman–Crippen MR) is 55.7 cm³/mol. The molecule has 2 N–H and O–H groups in total. The summed E-state index contributed by atoms with van der Waals surface area (Å²) in [6.45, 7) is 0. The van der Waals surface area contributed by atoms with Crippen LogP contribution in [-0.4, -0.2) is 9.78 Å². The van der Waals surface area contributed by atoms with Gasteiger partial charge < -0.3 is 5.73 Å². The third-order valence-electron chi connectivity index (χ3n) is 1.71. The van der Waals surface area contributed by atoms with Crippen LogP contribution in [0.2, 0.25) is 0 Å². The lowest BCUT2D eigenvalue weighted by Crippen LogP contribution is -2.00. The summed E-state index contributed by atoms with van der Waals surface area (Å²) in [5.41, 5.74) is 6.71. The van der Waals surface area contributed by atoms with E-state index in [1.54, 1.807) is 10.7 Å². The van der Waals surface area contributed by atoms with Gasteiger partial charge in [-0.25, -0.2) is 4.68 Å². The maximum atomic E-state index is 5.74. The van der Waals surface area contributed by atoms with Crippen LogP contribution in [-0.2, 0) is 0 Å². The standard InChI is InChI=1S/C9H8BrN3/c10-8-6-9(11)13(12-8)7-4-2-1-3-5-7/h1-6H,11H2. The largest absolute Gasteiger partial charge is 0.384 e. The van der Waals surface area contributed by atoms with Gasteiger partial charge in [-0.05, 0) is 28.1 Å². The normalized spacial score (nSPS) is 10.2. The Morgan fingerprint density at radius 3 is 2.46 bits per heavy atom. The Hall–Kier alpha value is -1.29. The van der Waals surface area contributed by atoms with Crippen LogP contribution in [0.3, 0.4) is 0 Å². The van der Waals surface area contributed by atoms with Crippen molar-refractivity contribution in [2.24, 2.45) is 0 Å². The molecule has 0 aliphatic rings. The number of nitrogens with zero attached hydrogens (tertiary/aromatic N) is 2. The Labute approximate surface area is 84.3 Å². The minimum absolute atomic E-state index is 0.623. The smallest absolute Gasteiger partial charge is 0.130 e. The topological polar surface area (TPSA) is 43.8 Å². The second-order valence-electron chi connectivity index (χ2n) is 2.64. The molecule has 0 aliphatic heterocycles. The molecule has 0 fully saturated rings. The third kappa shape index (κ3) is 1.58. The van der Waals surface area contributed by atoms with E-state index in [4.69, 9.17) is 5.73 Å². The molecule has 66 valence electrons. The van der Waals surface area contributed by atoms with Gasteiger partial charge in [0.2, 0.25) is 0 Å². The number of para-hydroxylation sites is 1. The van der Waals surface area contributed by atoms with Crippen molar-refractivity contribution < 1.29 is 0 Å². The van der Waals surface area contributed by atoms with Crippen molar-refractivity contribution in [2.45, 2.75) is 0 Å². The van der Waals surface area contributed by atoms with Crippen LogP contribution in [0.4, 0.5) is 5.82 Å². The molecule has 0 bridgehead atoms. The number of nitrogens with two attached hydrogens (primary N) is 1. The number of anilines is 1. The second kappa shape index (κ2) is 3.22. The molecular weight excluding hydrogens is 230 g/mol. The molecule has 2 aromatic rings. The minimum Gasteiger partial charge on any atom is -0.384 e. The SMILES string of the molecule is Nc1cc(Br)nn1-c1ccccc1. The molecule has 1 heterocycles. The average molecular weight is 238 g/mol. The van der Waals surface area contributed by atoms with E-state index in [-0.39, 0.29) is 0 Å². The fourth-order valence-corrected chi connectivity index (χ4v) is 1.53. The monoisotopic (exact) mass is 237 g/mol. The molecule has 0 saturated heterocycles. The lowest BCUT2D eigenvalue weighted by molar-refractivity contribution is 0.880. The van der Waals surface area contributed by atoms with Crippen molar-refractivity contribution in [3.05, 3.63) is 41.0 Å². The van der Waals surface area contributed by atoms with Crippen molar-refractivity contribution in [1.29, 1.82) is 0 Å². The highest BCUT2D eigenvalue weighted by Gasteiger charge is 2.03. The van der Waals surface area contributed by atoms with Crippen molar-refractivity contribution in [1.82, 2.24) is 9.78 Å². The zero-order chi connectivity index (χ0) is 9.26. The van der Waals surface area contributed by atoms with Gasteiger partial charge in [0.25, 0.3) is 0 Å². The van der Waals surface area contributed by atoms with Crippen LogP contribution in [0.25, 0.3) is 5.69 Å². The van der Waals surface area contributed by atoms with Gasteiger partial charge in [-0.3, -0.25) is 0 Å². The van der Waals surface area contributed by atoms with Crippen molar-refractivity contribution >= 4 is 21.7 Å². The lowest BCUT2D eigenvalue weighted by Gasteiger charge is -2.01. The fraction of sp³-hybridized carbons (Fsp3) is 0. The van der Waals surface area contributed by atoms with Crippen LogP contribution < -0.4 is 5.73 Å². The van der Waals surface area contributed by atoms with E-state index in [0.717, 1.165) is 10.3 Å². The highest BCUT2D eigenvalue weighted by atomic mass is 79.9. The van der Waals surface area contributed by atoms with Gasteiger partial charge in [-0.15, -0.1) is 0 Å². The molecular formula is C9H8BrN3. The maximum absolute atomic E-state index is 5.74.